The largest absolute Gasteiger partial charge is 0.491 e. The van der Waals surface area contributed by atoms with E-state index in [4.69, 9.17) is 32.7 Å². The maximum absolute atomic E-state index is 5.88. The van der Waals surface area contributed by atoms with E-state index in [1.54, 1.807) is 18.2 Å². The minimum absolute atomic E-state index is 0.100. The molecule has 0 bridgehead atoms. The van der Waals surface area contributed by atoms with Gasteiger partial charge in [-0.15, -0.1) is 0 Å². The van der Waals surface area contributed by atoms with Crippen LogP contribution in [-0.4, -0.2) is 32.4 Å². The molecule has 1 unspecified atom stereocenters. The van der Waals surface area contributed by atoms with Gasteiger partial charge in [-0.25, -0.2) is 0 Å². The first-order chi connectivity index (χ1) is 7.75. The van der Waals surface area contributed by atoms with Crippen LogP contribution >= 0.6 is 23.2 Å². The average Bonchev–Trinajstić information content (AvgIpc) is 2.32. The van der Waals surface area contributed by atoms with Gasteiger partial charge in [0.1, 0.15) is 18.5 Å². The SMILES string of the molecule is Clc1ccc(OCC2CNCCO2)cc1Cl. The molecule has 0 aromatic heterocycles. The molecule has 1 N–H and O–H groups in total. The second-order valence-electron chi connectivity index (χ2n) is 3.58. The fourth-order valence-corrected chi connectivity index (χ4v) is 1.77. The summed E-state index contributed by atoms with van der Waals surface area (Å²) in [6.45, 7) is 2.98. The van der Waals surface area contributed by atoms with Crippen LogP contribution < -0.4 is 10.1 Å². The predicted octanol–water partition coefficient (Wildman–Crippen LogP) is 2.36. The summed E-state index contributed by atoms with van der Waals surface area (Å²) < 4.78 is 11.1. The summed E-state index contributed by atoms with van der Waals surface area (Å²) in [5, 5.41) is 4.27. The third-order valence-electron chi connectivity index (χ3n) is 2.33. The first kappa shape index (κ1) is 12.0. The zero-order valence-electron chi connectivity index (χ0n) is 8.71. The van der Waals surface area contributed by atoms with Crippen molar-refractivity contribution in [3.05, 3.63) is 28.2 Å². The van der Waals surface area contributed by atoms with Crippen molar-refractivity contribution in [1.29, 1.82) is 0 Å². The van der Waals surface area contributed by atoms with Crippen LogP contribution in [0.4, 0.5) is 0 Å². The van der Waals surface area contributed by atoms with Crippen LogP contribution in [0.2, 0.25) is 10.0 Å². The Hall–Kier alpha value is -0.480. The number of benzene rings is 1. The molecule has 0 saturated carbocycles. The van der Waals surface area contributed by atoms with Gasteiger partial charge in [0.25, 0.3) is 0 Å². The second kappa shape index (κ2) is 5.73. The van der Waals surface area contributed by atoms with Gasteiger partial charge in [0, 0.05) is 19.2 Å². The summed E-state index contributed by atoms with van der Waals surface area (Å²) in [5.74, 6) is 0.712. The van der Waals surface area contributed by atoms with E-state index in [1.165, 1.54) is 0 Å². The summed E-state index contributed by atoms with van der Waals surface area (Å²) in [4.78, 5) is 0. The molecule has 0 amide bonds. The Balaban J connectivity index is 1.86. The second-order valence-corrected chi connectivity index (χ2v) is 4.40. The topological polar surface area (TPSA) is 30.5 Å². The highest BCUT2D eigenvalue weighted by atomic mass is 35.5. The molecule has 1 aromatic carbocycles. The van der Waals surface area contributed by atoms with E-state index in [9.17, 15) is 0 Å². The van der Waals surface area contributed by atoms with Crippen molar-refractivity contribution in [2.45, 2.75) is 6.10 Å². The number of halogens is 2. The van der Waals surface area contributed by atoms with Crippen molar-refractivity contribution in [1.82, 2.24) is 5.32 Å². The Kier molecular flexibility index (Phi) is 4.29. The van der Waals surface area contributed by atoms with Gasteiger partial charge < -0.3 is 14.8 Å². The highest BCUT2D eigenvalue weighted by Gasteiger charge is 2.13. The highest BCUT2D eigenvalue weighted by Crippen LogP contribution is 2.26. The standard InChI is InChI=1S/C11H13Cl2NO2/c12-10-2-1-8(5-11(10)13)16-7-9-6-14-3-4-15-9/h1-2,5,9,14H,3-4,6-7H2. The third-order valence-corrected chi connectivity index (χ3v) is 3.07. The smallest absolute Gasteiger partial charge is 0.121 e. The lowest BCUT2D eigenvalue weighted by atomic mass is 10.3. The molecule has 16 heavy (non-hydrogen) atoms. The van der Waals surface area contributed by atoms with E-state index in [1.807, 2.05) is 0 Å². The van der Waals surface area contributed by atoms with Crippen molar-refractivity contribution < 1.29 is 9.47 Å². The number of rotatable bonds is 3. The monoisotopic (exact) mass is 261 g/mol. The van der Waals surface area contributed by atoms with Gasteiger partial charge in [-0.05, 0) is 12.1 Å². The molecule has 1 saturated heterocycles. The summed E-state index contributed by atoms with van der Waals surface area (Å²) >= 11 is 11.7. The Labute approximate surface area is 105 Å². The van der Waals surface area contributed by atoms with E-state index < -0.39 is 0 Å². The summed E-state index contributed by atoms with van der Waals surface area (Å²) in [6, 6.07) is 5.23. The van der Waals surface area contributed by atoms with Crippen molar-refractivity contribution >= 4 is 23.2 Å². The van der Waals surface area contributed by atoms with E-state index in [2.05, 4.69) is 5.32 Å². The van der Waals surface area contributed by atoms with E-state index in [-0.39, 0.29) is 6.10 Å². The van der Waals surface area contributed by atoms with Crippen molar-refractivity contribution in [3.8, 4) is 5.75 Å². The molecule has 0 spiro atoms. The molecule has 1 aromatic rings. The molecular formula is C11H13Cl2NO2. The van der Waals surface area contributed by atoms with Crippen molar-refractivity contribution in [2.24, 2.45) is 0 Å². The van der Waals surface area contributed by atoms with Gasteiger partial charge in [-0.2, -0.15) is 0 Å². The Morgan fingerprint density at radius 3 is 2.94 bits per heavy atom. The molecule has 1 aliphatic heterocycles. The van der Waals surface area contributed by atoms with E-state index >= 15 is 0 Å². The van der Waals surface area contributed by atoms with Gasteiger partial charge in [0.15, 0.2) is 0 Å². The van der Waals surface area contributed by atoms with Gasteiger partial charge in [-0.1, -0.05) is 23.2 Å². The average molecular weight is 262 g/mol. The number of morpholine rings is 1. The van der Waals surface area contributed by atoms with Crippen LogP contribution in [0.1, 0.15) is 0 Å². The van der Waals surface area contributed by atoms with Crippen LogP contribution in [0.3, 0.4) is 0 Å². The molecule has 0 radical (unpaired) electrons. The summed E-state index contributed by atoms with van der Waals surface area (Å²) in [6.07, 6.45) is 0.100. The van der Waals surface area contributed by atoms with Gasteiger partial charge >= 0.3 is 0 Å². The molecule has 1 heterocycles. The maximum atomic E-state index is 5.88. The Morgan fingerprint density at radius 1 is 1.38 bits per heavy atom. The predicted molar refractivity (Wildman–Crippen MR) is 64.6 cm³/mol. The zero-order valence-corrected chi connectivity index (χ0v) is 10.2. The van der Waals surface area contributed by atoms with Crippen LogP contribution in [-0.2, 0) is 4.74 Å². The first-order valence-corrected chi connectivity index (χ1v) is 5.91. The summed E-state index contributed by atoms with van der Waals surface area (Å²) in [7, 11) is 0. The number of hydrogen-bond donors (Lipinski definition) is 1. The fourth-order valence-electron chi connectivity index (χ4n) is 1.48. The van der Waals surface area contributed by atoms with Crippen LogP contribution in [0, 0.1) is 0 Å². The molecule has 1 aliphatic rings. The van der Waals surface area contributed by atoms with Crippen LogP contribution in [0.15, 0.2) is 18.2 Å². The minimum atomic E-state index is 0.100. The molecule has 2 rings (SSSR count). The number of hydrogen-bond acceptors (Lipinski definition) is 3. The molecule has 1 atom stereocenters. The Bertz CT molecular complexity index is 354. The quantitative estimate of drug-likeness (QED) is 0.907. The minimum Gasteiger partial charge on any atom is -0.491 e. The normalized spacial score (nSPS) is 20.8. The molecule has 0 aliphatic carbocycles. The van der Waals surface area contributed by atoms with Gasteiger partial charge in [0.2, 0.25) is 0 Å². The maximum Gasteiger partial charge on any atom is 0.121 e. The first-order valence-electron chi connectivity index (χ1n) is 5.16. The number of ether oxygens (including phenoxy) is 2. The van der Waals surface area contributed by atoms with Gasteiger partial charge in [-0.3, -0.25) is 0 Å². The Morgan fingerprint density at radius 2 is 2.25 bits per heavy atom. The highest BCUT2D eigenvalue weighted by molar-refractivity contribution is 6.42. The molecule has 3 nitrogen and oxygen atoms in total. The molecule has 1 fully saturated rings. The lowest BCUT2D eigenvalue weighted by Crippen LogP contribution is -2.41. The van der Waals surface area contributed by atoms with Gasteiger partial charge in [0.05, 0.1) is 16.7 Å². The van der Waals surface area contributed by atoms with E-state index in [0.717, 1.165) is 19.7 Å². The van der Waals surface area contributed by atoms with Crippen LogP contribution in [0.5, 0.6) is 5.75 Å². The molecule has 88 valence electrons. The summed E-state index contributed by atoms with van der Waals surface area (Å²) in [5.41, 5.74) is 0. The number of nitrogens with one attached hydrogen (secondary N) is 1. The fraction of sp³-hybridized carbons (Fsp3) is 0.455. The molecular weight excluding hydrogens is 249 g/mol. The van der Waals surface area contributed by atoms with Crippen LogP contribution in [0.25, 0.3) is 0 Å². The third kappa shape index (κ3) is 3.25. The van der Waals surface area contributed by atoms with Crippen molar-refractivity contribution in [3.63, 3.8) is 0 Å². The van der Waals surface area contributed by atoms with Crippen molar-refractivity contribution in [2.75, 3.05) is 26.3 Å². The zero-order chi connectivity index (χ0) is 11.4. The lowest BCUT2D eigenvalue weighted by molar-refractivity contribution is 0.000198. The lowest BCUT2D eigenvalue weighted by Gasteiger charge is -2.23. The van der Waals surface area contributed by atoms with E-state index in [0.29, 0.717) is 22.4 Å². The molecule has 5 heteroatoms.